The second kappa shape index (κ2) is 24.2. The number of carbonyl (C=O) groups is 3. The summed E-state index contributed by atoms with van der Waals surface area (Å²) in [6.07, 6.45) is 12.4. The number of benzene rings is 6. The number of nitrogens with zero attached hydrogens (tertiary/aromatic N) is 2. The molecular formula is C69H76N2O9. The van der Waals surface area contributed by atoms with Crippen molar-refractivity contribution < 1.29 is 42.8 Å². The standard InChI is InChI=1S/C69H76N2O9/c72-65(77-47-51-21-9-3-10-22-51)70-37-35-68-33-15-13-25-59(68)63(70)43-53-27-29-55(45-61(53)68)75-39-31-57(41-49-17-5-1-6-18-49)79-67(74)80-58(42-50-19-7-2-8-20-50)32-40-76-56-30-28-54-44-64-60-26-14-16-34-69(60,62(54)46-56)36-38-71(64)66(73)78-48-52-23-11-4-12-24-52/h1-12,17-24,27-30,45-46,57-60,63-64H,13-16,25-26,31-44,47-48H2/t57?,58?,59-,60-,63+,64+,68+,69+/m0/s1. The second-order valence-corrected chi connectivity index (χ2v) is 23.5. The van der Waals surface area contributed by atoms with Gasteiger partial charge in [-0.05, 0) is 132 Å². The molecule has 416 valence electrons. The molecule has 4 bridgehead atoms. The van der Waals surface area contributed by atoms with Crippen LogP contribution in [0.5, 0.6) is 11.5 Å². The van der Waals surface area contributed by atoms with Crippen molar-refractivity contribution in [2.75, 3.05) is 26.3 Å². The summed E-state index contributed by atoms with van der Waals surface area (Å²) in [6, 6.07) is 53.4. The van der Waals surface area contributed by atoms with Crippen LogP contribution in [0.2, 0.25) is 0 Å². The number of hydrogen-bond acceptors (Lipinski definition) is 9. The molecule has 2 heterocycles. The third-order valence-corrected chi connectivity index (χ3v) is 19.1. The zero-order valence-corrected chi connectivity index (χ0v) is 46.1. The van der Waals surface area contributed by atoms with Gasteiger partial charge in [0.1, 0.15) is 36.9 Å². The van der Waals surface area contributed by atoms with E-state index in [0.29, 0.717) is 63.8 Å². The molecule has 2 saturated heterocycles. The first-order chi connectivity index (χ1) is 39.3. The third kappa shape index (κ3) is 11.5. The maximum Gasteiger partial charge on any atom is 0.508 e. The highest BCUT2D eigenvalue weighted by Crippen LogP contribution is 2.58. The van der Waals surface area contributed by atoms with Crippen LogP contribution in [0.1, 0.15) is 122 Å². The maximum atomic E-state index is 14.0. The van der Waals surface area contributed by atoms with Gasteiger partial charge in [-0.1, -0.05) is 159 Å². The third-order valence-electron chi connectivity index (χ3n) is 19.1. The predicted molar refractivity (Wildman–Crippen MR) is 307 cm³/mol. The highest BCUT2D eigenvalue weighted by atomic mass is 16.7. The number of fused-ring (bicyclic) bond motifs is 2. The Labute approximate surface area is 471 Å². The van der Waals surface area contributed by atoms with Crippen LogP contribution >= 0.6 is 0 Å². The van der Waals surface area contributed by atoms with Crippen molar-refractivity contribution in [3.63, 3.8) is 0 Å². The van der Waals surface area contributed by atoms with E-state index in [-0.39, 0.29) is 48.3 Å². The molecule has 2 unspecified atom stereocenters. The van der Waals surface area contributed by atoms with E-state index in [2.05, 4.69) is 60.7 Å². The summed E-state index contributed by atoms with van der Waals surface area (Å²) in [5, 5.41) is 0. The monoisotopic (exact) mass is 1080 g/mol. The van der Waals surface area contributed by atoms with E-state index in [9.17, 15) is 14.4 Å². The number of piperidine rings is 2. The number of ether oxygens (including phenoxy) is 6. The normalized spacial score (nSPS) is 24.1. The van der Waals surface area contributed by atoms with Gasteiger partial charge >= 0.3 is 18.3 Å². The lowest BCUT2D eigenvalue weighted by molar-refractivity contribution is -0.0144. The van der Waals surface area contributed by atoms with Crippen LogP contribution < -0.4 is 9.47 Å². The van der Waals surface area contributed by atoms with Crippen molar-refractivity contribution in [3.05, 3.63) is 202 Å². The minimum atomic E-state index is -0.700. The molecule has 0 aromatic heterocycles. The lowest BCUT2D eigenvalue weighted by Crippen LogP contribution is -2.62. The van der Waals surface area contributed by atoms with Crippen LogP contribution in [-0.2, 0) is 68.7 Å². The van der Waals surface area contributed by atoms with E-state index in [4.69, 9.17) is 28.4 Å². The Morgan fingerprint density at radius 3 is 1.29 bits per heavy atom. The number of amides is 2. The molecule has 11 nitrogen and oxygen atoms in total. The van der Waals surface area contributed by atoms with Gasteiger partial charge in [-0.15, -0.1) is 0 Å². The van der Waals surface area contributed by atoms with Crippen LogP contribution in [0.4, 0.5) is 14.4 Å². The van der Waals surface area contributed by atoms with E-state index in [1.165, 1.54) is 47.9 Å². The van der Waals surface area contributed by atoms with Crippen molar-refractivity contribution >= 4 is 18.3 Å². The average Bonchev–Trinajstić information content (AvgIpc) is 2.46. The van der Waals surface area contributed by atoms with Crippen molar-refractivity contribution in [3.8, 4) is 11.5 Å². The molecule has 2 saturated carbocycles. The van der Waals surface area contributed by atoms with E-state index < -0.39 is 18.4 Å². The van der Waals surface area contributed by atoms with Crippen molar-refractivity contribution in [2.24, 2.45) is 11.8 Å². The molecule has 12 rings (SSSR count). The summed E-state index contributed by atoms with van der Waals surface area (Å²) in [5.41, 5.74) is 9.45. The van der Waals surface area contributed by atoms with E-state index in [0.717, 1.165) is 85.1 Å². The minimum Gasteiger partial charge on any atom is -0.493 e. The molecule has 80 heavy (non-hydrogen) atoms. The van der Waals surface area contributed by atoms with Crippen LogP contribution in [-0.4, -0.2) is 78.7 Å². The summed E-state index contributed by atoms with van der Waals surface area (Å²) >= 11 is 0. The average molecular weight is 1080 g/mol. The van der Waals surface area contributed by atoms with Gasteiger partial charge < -0.3 is 38.2 Å². The predicted octanol–water partition coefficient (Wildman–Crippen LogP) is 14.1. The first-order valence-corrected chi connectivity index (χ1v) is 29.7. The quantitative estimate of drug-likeness (QED) is 0.0613. The molecule has 6 aliphatic rings. The summed E-state index contributed by atoms with van der Waals surface area (Å²) in [5.74, 6) is 2.38. The van der Waals surface area contributed by atoms with Crippen LogP contribution in [0.15, 0.2) is 158 Å². The van der Waals surface area contributed by atoms with Gasteiger partial charge in [0.25, 0.3) is 0 Å². The zero-order chi connectivity index (χ0) is 54.3. The molecule has 6 aromatic carbocycles. The number of rotatable bonds is 18. The van der Waals surface area contributed by atoms with Gasteiger partial charge in [0.05, 0.1) is 13.2 Å². The van der Waals surface area contributed by atoms with Crippen LogP contribution in [0.3, 0.4) is 0 Å². The topological polar surface area (TPSA) is 113 Å². The number of hydrogen-bond donors (Lipinski definition) is 0. The Balaban J connectivity index is 0.689. The summed E-state index contributed by atoms with van der Waals surface area (Å²) in [6.45, 7) is 2.63. The first-order valence-electron chi connectivity index (χ1n) is 29.7. The smallest absolute Gasteiger partial charge is 0.493 e. The molecule has 6 aromatic rings. The molecule has 4 aliphatic carbocycles. The van der Waals surface area contributed by atoms with Gasteiger partial charge in [-0.2, -0.15) is 0 Å². The Hall–Kier alpha value is -7.27. The minimum absolute atomic E-state index is 0.000377. The summed E-state index contributed by atoms with van der Waals surface area (Å²) in [7, 11) is 0. The maximum absolute atomic E-state index is 14.0. The fourth-order valence-corrected chi connectivity index (χ4v) is 15.3. The fraction of sp³-hybridized carbons (Fsp3) is 0.435. The fourth-order valence-electron chi connectivity index (χ4n) is 15.3. The molecule has 0 N–H and O–H groups in total. The Morgan fingerprint density at radius 1 is 0.475 bits per heavy atom. The van der Waals surface area contributed by atoms with Gasteiger partial charge in [0.15, 0.2) is 0 Å². The Morgan fingerprint density at radius 2 is 0.875 bits per heavy atom. The largest absolute Gasteiger partial charge is 0.508 e. The molecule has 8 atom stereocenters. The first kappa shape index (κ1) is 53.4. The van der Waals surface area contributed by atoms with E-state index >= 15 is 0 Å². The van der Waals surface area contributed by atoms with Gasteiger partial charge in [-0.25, -0.2) is 14.4 Å². The molecular weight excluding hydrogens is 1000 g/mol. The molecule has 0 spiro atoms. The van der Waals surface area contributed by atoms with E-state index in [1.54, 1.807) is 0 Å². The Bertz CT molecular complexity index is 2860. The lowest BCUT2D eigenvalue weighted by Gasteiger charge is -2.58. The highest BCUT2D eigenvalue weighted by molar-refractivity contribution is 5.70. The SMILES string of the molecule is O=C(OC(CCOc1ccc2c(c1)[C@@]13CCCC[C@H]1[C@@H](C2)N(C(=O)OCc1ccccc1)CC3)Cc1ccccc1)OC(CCOc1ccc2c(c1)[C@@]13CCCC[C@H]1[C@@H](C2)N(C(=O)OCc1ccccc1)CC3)Cc1ccccc1. The van der Waals surface area contributed by atoms with E-state index in [1.807, 2.05) is 107 Å². The van der Waals surface area contributed by atoms with Crippen molar-refractivity contribution in [1.29, 1.82) is 0 Å². The van der Waals surface area contributed by atoms with Crippen LogP contribution in [0, 0.1) is 11.8 Å². The molecule has 0 radical (unpaired) electrons. The molecule has 2 aliphatic heterocycles. The summed E-state index contributed by atoms with van der Waals surface area (Å²) in [4.78, 5) is 45.4. The van der Waals surface area contributed by atoms with Crippen molar-refractivity contribution in [1.82, 2.24) is 9.80 Å². The molecule has 11 heteroatoms. The lowest BCUT2D eigenvalue weighted by atomic mass is 9.52. The Kier molecular flexibility index (Phi) is 16.2. The van der Waals surface area contributed by atoms with Crippen LogP contribution in [0.25, 0.3) is 0 Å². The second-order valence-electron chi connectivity index (χ2n) is 23.5. The number of likely N-dealkylation sites (tertiary alicyclic amines) is 2. The van der Waals surface area contributed by atoms with Gasteiger partial charge in [0, 0.05) is 61.7 Å². The molecule has 2 amide bonds. The molecule has 4 fully saturated rings. The number of carbonyl (C=O) groups excluding carboxylic acids is 3. The highest BCUT2D eigenvalue weighted by Gasteiger charge is 2.57. The van der Waals surface area contributed by atoms with Gasteiger partial charge in [-0.3, -0.25) is 0 Å². The zero-order valence-electron chi connectivity index (χ0n) is 46.1. The summed E-state index contributed by atoms with van der Waals surface area (Å²) < 4.78 is 37.5. The van der Waals surface area contributed by atoms with Gasteiger partial charge in [0.2, 0.25) is 0 Å². The van der Waals surface area contributed by atoms with Crippen molar-refractivity contribution in [2.45, 2.75) is 151 Å².